The fourth-order valence-electron chi connectivity index (χ4n) is 2.60. The van der Waals surface area contributed by atoms with Crippen molar-refractivity contribution in [3.63, 3.8) is 0 Å². The van der Waals surface area contributed by atoms with Gasteiger partial charge in [0.15, 0.2) is 5.96 Å². The summed E-state index contributed by atoms with van der Waals surface area (Å²) in [6, 6.07) is 16.6. The van der Waals surface area contributed by atoms with Gasteiger partial charge in [-0.2, -0.15) is 0 Å². The molecule has 7 nitrogen and oxygen atoms in total. The molecular formula is C20H29IN4O3S. The van der Waals surface area contributed by atoms with Crippen molar-refractivity contribution in [2.75, 3.05) is 20.2 Å². The molecule has 2 rings (SSSR count). The summed E-state index contributed by atoms with van der Waals surface area (Å²) in [5, 5.41) is 11.5. The number of ether oxygens (including phenoxy) is 1. The van der Waals surface area contributed by atoms with Crippen LogP contribution in [0.25, 0.3) is 0 Å². The SMILES string of the molecule is CN=C(NCCCOC(C)c1ccccc1)NCc1cccc(S(N)(=O)=O)c1.I. The second-order valence-electron chi connectivity index (χ2n) is 6.32. The molecule has 0 aromatic heterocycles. The van der Waals surface area contributed by atoms with Gasteiger partial charge in [0.25, 0.3) is 0 Å². The molecule has 9 heteroatoms. The van der Waals surface area contributed by atoms with Crippen LogP contribution in [0.1, 0.15) is 30.6 Å². The van der Waals surface area contributed by atoms with E-state index in [-0.39, 0.29) is 35.0 Å². The van der Waals surface area contributed by atoms with Crippen LogP contribution < -0.4 is 15.8 Å². The number of hydrogen-bond acceptors (Lipinski definition) is 4. The number of nitrogens with zero attached hydrogens (tertiary/aromatic N) is 1. The normalized spacial score (nSPS) is 12.7. The quantitative estimate of drug-likeness (QED) is 0.199. The minimum atomic E-state index is -3.70. The Labute approximate surface area is 190 Å². The van der Waals surface area contributed by atoms with Crippen molar-refractivity contribution < 1.29 is 13.2 Å². The molecule has 29 heavy (non-hydrogen) atoms. The van der Waals surface area contributed by atoms with Gasteiger partial charge in [0.2, 0.25) is 10.0 Å². The van der Waals surface area contributed by atoms with Crippen LogP contribution in [0.5, 0.6) is 0 Å². The Kier molecular flexibility index (Phi) is 11.2. The molecule has 0 fully saturated rings. The number of rotatable bonds is 9. The lowest BCUT2D eigenvalue weighted by molar-refractivity contribution is 0.0646. The van der Waals surface area contributed by atoms with Crippen molar-refractivity contribution in [1.82, 2.24) is 10.6 Å². The highest BCUT2D eigenvalue weighted by Crippen LogP contribution is 2.15. The molecule has 0 aliphatic heterocycles. The van der Waals surface area contributed by atoms with Gasteiger partial charge in [0.05, 0.1) is 11.0 Å². The number of benzene rings is 2. The Morgan fingerprint density at radius 2 is 1.86 bits per heavy atom. The first-order valence-corrected chi connectivity index (χ1v) is 10.7. The number of sulfonamides is 1. The van der Waals surface area contributed by atoms with Crippen LogP contribution in [0.15, 0.2) is 64.5 Å². The van der Waals surface area contributed by atoms with Crippen LogP contribution in [0.3, 0.4) is 0 Å². The fourth-order valence-corrected chi connectivity index (χ4v) is 3.18. The number of guanidine groups is 1. The minimum Gasteiger partial charge on any atom is -0.374 e. The first kappa shape index (κ1) is 25.3. The smallest absolute Gasteiger partial charge is 0.238 e. The molecule has 0 heterocycles. The molecule has 4 N–H and O–H groups in total. The summed E-state index contributed by atoms with van der Waals surface area (Å²) in [5.41, 5.74) is 1.96. The second-order valence-corrected chi connectivity index (χ2v) is 7.88. The molecule has 0 aliphatic carbocycles. The molecular weight excluding hydrogens is 503 g/mol. The van der Waals surface area contributed by atoms with Gasteiger partial charge in [-0.3, -0.25) is 4.99 Å². The lowest BCUT2D eigenvalue weighted by Crippen LogP contribution is -2.37. The average molecular weight is 532 g/mol. The van der Waals surface area contributed by atoms with E-state index in [0.29, 0.717) is 25.7 Å². The predicted octanol–water partition coefficient (Wildman–Crippen LogP) is 2.78. The summed E-state index contributed by atoms with van der Waals surface area (Å²) in [4.78, 5) is 4.26. The van der Waals surface area contributed by atoms with E-state index in [1.807, 2.05) is 31.2 Å². The van der Waals surface area contributed by atoms with E-state index in [2.05, 4.69) is 27.8 Å². The largest absolute Gasteiger partial charge is 0.374 e. The number of nitrogens with two attached hydrogens (primary N) is 1. The first-order chi connectivity index (χ1) is 13.4. The third-order valence-electron chi connectivity index (χ3n) is 4.16. The topological polar surface area (TPSA) is 106 Å². The molecule has 0 aliphatic rings. The fraction of sp³-hybridized carbons (Fsp3) is 0.350. The summed E-state index contributed by atoms with van der Waals surface area (Å²) in [6.45, 7) is 3.82. The molecule has 160 valence electrons. The van der Waals surface area contributed by atoms with Crippen LogP contribution in [0, 0.1) is 0 Å². The lowest BCUT2D eigenvalue weighted by Gasteiger charge is -2.15. The van der Waals surface area contributed by atoms with E-state index in [0.717, 1.165) is 17.5 Å². The van der Waals surface area contributed by atoms with Crippen molar-refractivity contribution in [2.45, 2.75) is 30.9 Å². The summed E-state index contributed by atoms with van der Waals surface area (Å²) < 4.78 is 28.7. The van der Waals surface area contributed by atoms with E-state index >= 15 is 0 Å². The standard InChI is InChI=1S/C20H28N4O3S.HI/c1-16(18-9-4-3-5-10-18)27-13-7-12-23-20(22-2)24-15-17-8-6-11-19(14-17)28(21,25)26;/h3-6,8-11,14,16H,7,12-13,15H2,1-2H3,(H2,21,25,26)(H2,22,23,24);1H. The van der Waals surface area contributed by atoms with Crippen LogP contribution >= 0.6 is 24.0 Å². The zero-order valence-electron chi connectivity index (χ0n) is 16.7. The van der Waals surface area contributed by atoms with Crippen molar-refractivity contribution in [3.05, 3.63) is 65.7 Å². The van der Waals surface area contributed by atoms with Crippen LogP contribution in [0.2, 0.25) is 0 Å². The summed E-state index contributed by atoms with van der Waals surface area (Å²) in [7, 11) is -2.02. The van der Waals surface area contributed by atoms with E-state index in [4.69, 9.17) is 9.88 Å². The molecule has 2 aromatic carbocycles. The van der Waals surface area contributed by atoms with E-state index in [1.165, 1.54) is 6.07 Å². The second kappa shape index (κ2) is 12.8. The molecule has 2 aromatic rings. The molecule has 0 amide bonds. The summed E-state index contributed by atoms with van der Waals surface area (Å²) in [6.07, 6.45) is 0.892. The zero-order valence-corrected chi connectivity index (χ0v) is 19.8. The van der Waals surface area contributed by atoms with E-state index in [1.54, 1.807) is 19.2 Å². The maximum absolute atomic E-state index is 11.4. The highest BCUT2D eigenvalue weighted by Gasteiger charge is 2.08. The van der Waals surface area contributed by atoms with Crippen molar-refractivity contribution in [3.8, 4) is 0 Å². The van der Waals surface area contributed by atoms with Crippen molar-refractivity contribution in [1.29, 1.82) is 0 Å². The van der Waals surface area contributed by atoms with Gasteiger partial charge in [-0.1, -0.05) is 42.5 Å². The van der Waals surface area contributed by atoms with Gasteiger partial charge in [-0.15, -0.1) is 24.0 Å². The maximum atomic E-state index is 11.4. The van der Waals surface area contributed by atoms with Crippen LogP contribution in [-0.2, 0) is 21.3 Å². The molecule has 0 spiro atoms. The van der Waals surface area contributed by atoms with Gasteiger partial charge in [-0.25, -0.2) is 13.6 Å². The molecule has 0 bridgehead atoms. The van der Waals surface area contributed by atoms with Crippen LogP contribution in [-0.4, -0.2) is 34.6 Å². The van der Waals surface area contributed by atoms with Gasteiger partial charge in [-0.05, 0) is 36.6 Å². The number of hydrogen-bond donors (Lipinski definition) is 3. The molecule has 1 unspecified atom stereocenters. The third-order valence-corrected chi connectivity index (χ3v) is 5.07. The predicted molar refractivity (Wildman–Crippen MR) is 127 cm³/mol. The molecule has 0 radical (unpaired) electrons. The number of aliphatic imine (C=N–C) groups is 1. The molecule has 1 atom stereocenters. The Hall–Kier alpha value is -1.69. The Balaban J connectivity index is 0.00000420. The average Bonchev–Trinajstić information content (AvgIpc) is 2.70. The minimum absolute atomic E-state index is 0. The van der Waals surface area contributed by atoms with Gasteiger partial charge in [0, 0.05) is 26.7 Å². The molecule has 0 saturated carbocycles. The highest BCUT2D eigenvalue weighted by atomic mass is 127. The number of nitrogens with one attached hydrogen (secondary N) is 2. The lowest BCUT2D eigenvalue weighted by atomic mass is 10.1. The Morgan fingerprint density at radius 1 is 1.14 bits per heavy atom. The van der Waals surface area contributed by atoms with Crippen LogP contribution in [0.4, 0.5) is 0 Å². The Morgan fingerprint density at radius 3 is 2.52 bits per heavy atom. The first-order valence-electron chi connectivity index (χ1n) is 9.13. The number of primary sulfonamides is 1. The zero-order chi connectivity index (χ0) is 20.4. The maximum Gasteiger partial charge on any atom is 0.238 e. The van der Waals surface area contributed by atoms with Crippen molar-refractivity contribution in [2.24, 2.45) is 10.1 Å². The third kappa shape index (κ3) is 9.11. The van der Waals surface area contributed by atoms with Crippen molar-refractivity contribution >= 4 is 40.0 Å². The monoisotopic (exact) mass is 532 g/mol. The summed E-state index contributed by atoms with van der Waals surface area (Å²) in [5.74, 6) is 0.636. The highest BCUT2D eigenvalue weighted by molar-refractivity contribution is 14.0. The van der Waals surface area contributed by atoms with Gasteiger partial charge in [0.1, 0.15) is 0 Å². The van der Waals surface area contributed by atoms with Gasteiger partial charge < -0.3 is 15.4 Å². The molecule has 0 saturated heterocycles. The van der Waals surface area contributed by atoms with E-state index < -0.39 is 10.0 Å². The van der Waals surface area contributed by atoms with Gasteiger partial charge >= 0.3 is 0 Å². The van der Waals surface area contributed by atoms with E-state index in [9.17, 15) is 8.42 Å². The number of halogens is 1. The Bertz CT molecular complexity index is 876. The summed E-state index contributed by atoms with van der Waals surface area (Å²) >= 11 is 0.